The lowest BCUT2D eigenvalue weighted by molar-refractivity contribution is -0.146. The zero-order valence-electron chi connectivity index (χ0n) is 17.3. The molecule has 0 aromatic rings. The number of nitrogens with two attached hydrogens (primary N) is 1. The third-order valence-electron chi connectivity index (χ3n) is 4.58. The maximum Gasteiger partial charge on any atom is 0.336 e. The monoisotopic (exact) mass is 426 g/mol. The van der Waals surface area contributed by atoms with E-state index in [1.807, 2.05) is 0 Å². The fourth-order valence-electron chi connectivity index (χ4n) is 3.40. The van der Waals surface area contributed by atoms with Gasteiger partial charge < -0.3 is 30.3 Å². The molecule has 0 aromatic heterocycles. The summed E-state index contributed by atoms with van der Waals surface area (Å²) >= 11 is 0. The molecule has 1 atom stereocenters. The van der Waals surface area contributed by atoms with Crippen LogP contribution >= 0.6 is 0 Å². The van der Waals surface area contributed by atoms with Crippen molar-refractivity contribution in [1.29, 1.82) is 0 Å². The van der Waals surface area contributed by atoms with Gasteiger partial charge in [-0.3, -0.25) is 9.59 Å². The molecule has 0 spiro atoms. The SMILES string of the molecule is CCOC(=O)C1=C(C)N(C(CCC(=O)O)C(=O)O)C(C)=C(C(=O)OCC)C1C(N)=O. The summed E-state index contributed by atoms with van der Waals surface area (Å²) in [5.41, 5.74) is 4.96. The molecule has 1 rings (SSSR count). The van der Waals surface area contributed by atoms with Crippen molar-refractivity contribution >= 4 is 29.8 Å². The molecular formula is C19H26N2O9. The van der Waals surface area contributed by atoms with Crippen LogP contribution in [0.2, 0.25) is 0 Å². The number of hydrogen-bond acceptors (Lipinski definition) is 8. The number of nitrogens with zero attached hydrogens (tertiary/aromatic N) is 1. The highest BCUT2D eigenvalue weighted by Gasteiger charge is 2.45. The zero-order valence-corrected chi connectivity index (χ0v) is 17.3. The van der Waals surface area contributed by atoms with Crippen molar-refractivity contribution in [3.63, 3.8) is 0 Å². The minimum absolute atomic E-state index is 0.0283. The molecule has 1 unspecified atom stereocenters. The molecule has 1 amide bonds. The number of carbonyl (C=O) groups excluding carboxylic acids is 3. The highest BCUT2D eigenvalue weighted by molar-refractivity contribution is 6.06. The number of carbonyl (C=O) groups is 5. The third-order valence-corrected chi connectivity index (χ3v) is 4.58. The number of allylic oxidation sites excluding steroid dienone is 2. The number of primary amides is 1. The molecule has 11 nitrogen and oxygen atoms in total. The molecule has 4 N–H and O–H groups in total. The number of amides is 1. The highest BCUT2D eigenvalue weighted by atomic mass is 16.5. The maximum atomic E-state index is 12.6. The second kappa shape index (κ2) is 10.4. The van der Waals surface area contributed by atoms with Crippen molar-refractivity contribution in [2.45, 2.75) is 46.6 Å². The molecule has 0 aliphatic carbocycles. The van der Waals surface area contributed by atoms with E-state index < -0.39 is 48.2 Å². The summed E-state index contributed by atoms with van der Waals surface area (Å²) in [4.78, 5) is 61.5. The minimum Gasteiger partial charge on any atom is -0.481 e. The van der Waals surface area contributed by atoms with Gasteiger partial charge in [0.2, 0.25) is 5.91 Å². The van der Waals surface area contributed by atoms with Crippen LogP contribution in [0.5, 0.6) is 0 Å². The second-order valence-electron chi connectivity index (χ2n) is 6.43. The Morgan fingerprint density at radius 2 is 1.40 bits per heavy atom. The van der Waals surface area contributed by atoms with Gasteiger partial charge in [0.05, 0.1) is 24.4 Å². The van der Waals surface area contributed by atoms with Crippen LogP contribution in [0, 0.1) is 5.92 Å². The van der Waals surface area contributed by atoms with Gasteiger partial charge in [-0.1, -0.05) is 0 Å². The summed E-state index contributed by atoms with van der Waals surface area (Å²) < 4.78 is 9.99. The van der Waals surface area contributed by atoms with Gasteiger partial charge >= 0.3 is 23.9 Å². The van der Waals surface area contributed by atoms with Gasteiger partial charge in [0.15, 0.2) is 0 Å². The van der Waals surface area contributed by atoms with E-state index in [9.17, 15) is 29.1 Å². The molecule has 166 valence electrons. The molecule has 0 bridgehead atoms. The van der Waals surface area contributed by atoms with Crippen molar-refractivity contribution in [3.8, 4) is 0 Å². The molecule has 1 heterocycles. The van der Waals surface area contributed by atoms with Gasteiger partial charge in [-0.25, -0.2) is 14.4 Å². The zero-order chi connectivity index (χ0) is 23.2. The maximum absolute atomic E-state index is 12.6. The molecule has 0 radical (unpaired) electrons. The molecule has 1 aliphatic heterocycles. The fraction of sp³-hybridized carbons (Fsp3) is 0.526. The van der Waals surface area contributed by atoms with Crippen LogP contribution in [0.3, 0.4) is 0 Å². The van der Waals surface area contributed by atoms with Gasteiger partial charge in [0.1, 0.15) is 12.0 Å². The predicted molar refractivity (Wildman–Crippen MR) is 101 cm³/mol. The summed E-state index contributed by atoms with van der Waals surface area (Å²) in [5.74, 6) is -7.00. The van der Waals surface area contributed by atoms with Gasteiger partial charge in [0, 0.05) is 17.8 Å². The quantitative estimate of drug-likeness (QED) is 0.415. The number of hydrogen-bond donors (Lipinski definition) is 3. The van der Waals surface area contributed by atoms with E-state index in [-0.39, 0.29) is 42.2 Å². The Labute approximate surface area is 173 Å². The van der Waals surface area contributed by atoms with Crippen LogP contribution < -0.4 is 5.73 Å². The third kappa shape index (κ3) is 5.16. The molecule has 11 heteroatoms. The highest BCUT2D eigenvalue weighted by Crippen LogP contribution is 2.38. The number of rotatable bonds is 10. The first-order valence-electron chi connectivity index (χ1n) is 9.28. The number of ether oxygens (including phenoxy) is 2. The molecule has 30 heavy (non-hydrogen) atoms. The first-order chi connectivity index (χ1) is 14.0. The number of carboxylic acids is 2. The van der Waals surface area contributed by atoms with Gasteiger partial charge in [0.25, 0.3) is 0 Å². The average molecular weight is 426 g/mol. The van der Waals surface area contributed by atoms with Crippen LogP contribution in [0.1, 0.15) is 40.5 Å². The number of carboxylic acid groups (broad SMARTS) is 2. The summed E-state index contributed by atoms with van der Waals surface area (Å²) in [6.45, 7) is 5.75. The van der Waals surface area contributed by atoms with Gasteiger partial charge in [-0.05, 0) is 34.1 Å². The molecule has 0 aromatic carbocycles. The van der Waals surface area contributed by atoms with Crippen LogP contribution in [-0.2, 0) is 33.4 Å². The fourth-order valence-corrected chi connectivity index (χ4v) is 3.40. The largest absolute Gasteiger partial charge is 0.481 e. The van der Waals surface area contributed by atoms with E-state index in [2.05, 4.69) is 0 Å². The molecule has 0 fully saturated rings. The summed E-state index contributed by atoms with van der Waals surface area (Å²) in [5, 5.41) is 18.7. The molecular weight excluding hydrogens is 400 g/mol. The van der Waals surface area contributed by atoms with Crippen molar-refractivity contribution in [2.75, 3.05) is 13.2 Å². The Balaban J connectivity index is 3.78. The van der Waals surface area contributed by atoms with E-state index in [0.29, 0.717) is 0 Å². The smallest absolute Gasteiger partial charge is 0.336 e. The number of aliphatic carboxylic acids is 2. The van der Waals surface area contributed by atoms with E-state index in [4.69, 9.17) is 20.3 Å². The minimum atomic E-state index is -1.51. The normalized spacial score (nSPS) is 15.7. The summed E-state index contributed by atoms with van der Waals surface area (Å²) in [6, 6.07) is -1.43. The average Bonchev–Trinajstić information content (AvgIpc) is 2.63. The molecule has 0 saturated heterocycles. The number of esters is 2. The lowest BCUT2D eigenvalue weighted by atomic mass is 9.83. The summed E-state index contributed by atoms with van der Waals surface area (Å²) in [7, 11) is 0. The molecule has 0 saturated carbocycles. The van der Waals surface area contributed by atoms with E-state index >= 15 is 0 Å². The lowest BCUT2D eigenvalue weighted by Gasteiger charge is -2.39. The lowest BCUT2D eigenvalue weighted by Crippen LogP contribution is -2.47. The van der Waals surface area contributed by atoms with Crippen molar-refractivity contribution in [1.82, 2.24) is 4.90 Å². The van der Waals surface area contributed by atoms with Crippen LogP contribution in [0.4, 0.5) is 0 Å². The first kappa shape index (κ1) is 24.7. The van der Waals surface area contributed by atoms with Crippen LogP contribution in [0.25, 0.3) is 0 Å². The van der Waals surface area contributed by atoms with Crippen molar-refractivity contribution < 1.29 is 43.7 Å². The predicted octanol–water partition coefficient (Wildman–Crippen LogP) is 0.396. The Bertz CT molecular complexity index is 771. The Kier molecular flexibility index (Phi) is 8.57. The first-order valence-corrected chi connectivity index (χ1v) is 9.28. The van der Waals surface area contributed by atoms with E-state index in [0.717, 1.165) is 4.90 Å². The van der Waals surface area contributed by atoms with Gasteiger partial charge in [-0.2, -0.15) is 0 Å². The van der Waals surface area contributed by atoms with E-state index in [1.54, 1.807) is 0 Å². The van der Waals surface area contributed by atoms with Crippen molar-refractivity contribution in [2.24, 2.45) is 11.7 Å². The summed E-state index contributed by atoms with van der Waals surface area (Å²) in [6.07, 6.45) is -0.802. The van der Waals surface area contributed by atoms with Crippen molar-refractivity contribution in [3.05, 3.63) is 22.5 Å². The Hall–Kier alpha value is -3.37. The van der Waals surface area contributed by atoms with E-state index in [1.165, 1.54) is 27.7 Å². The second-order valence-corrected chi connectivity index (χ2v) is 6.43. The van der Waals surface area contributed by atoms with Gasteiger partial charge in [-0.15, -0.1) is 0 Å². The standard InChI is InChI=1S/C19H26N2O9/c1-5-29-18(27)13-9(3)21(11(17(25)26)7-8-12(22)23)10(4)14(15(13)16(20)24)19(28)30-6-2/h11,15H,5-8H2,1-4H3,(H2,20,24)(H,22,23)(H,25,26). The Morgan fingerprint density at radius 3 is 1.70 bits per heavy atom. The van der Waals surface area contributed by atoms with Crippen LogP contribution in [0.15, 0.2) is 22.5 Å². The Morgan fingerprint density at radius 1 is 0.967 bits per heavy atom. The van der Waals surface area contributed by atoms with Crippen LogP contribution in [-0.4, -0.2) is 64.2 Å². The molecule has 1 aliphatic rings. The topological polar surface area (TPSA) is 174 Å².